The zero-order valence-electron chi connectivity index (χ0n) is 12.8. The van der Waals surface area contributed by atoms with E-state index in [-0.39, 0.29) is 11.3 Å². The topological polar surface area (TPSA) is 64.6 Å². The minimum atomic E-state index is -0.812. The third kappa shape index (κ3) is 5.06. The third-order valence-corrected chi connectivity index (χ3v) is 2.52. The van der Waals surface area contributed by atoms with E-state index in [0.717, 1.165) is 6.07 Å². The van der Waals surface area contributed by atoms with Crippen molar-refractivity contribution in [3.8, 4) is 5.75 Å². The van der Waals surface area contributed by atoms with Gasteiger partial charge in [0, 0.05) is 5.56 Å². The van der Waals surface area contributed by atoms with Gasteiger partial charge in [0.25, 0.3) is 5.91 Å². The molecule has 0 bridgehead atoms. The summed E-state index contributed by atoms with van der Waals surface area (Å²) in [6.07, 6.45) is 0. The smallest absolute Gasteiger partial charge is 0.328 e. The number of esters is 1. The van der Waals surface area contributed by atoms with Crippen LogP contribution in [0, 0.1) is 5.82 Å². The summed E-state index contributed by atoms with van der Waals surface area (Å²) in [6, 6.07) is 2.90. The summed E-state index contributed by atoms with van der Waals surface area (Å²) in [7, 11) is 1.31. The summed E-state index contributed by atoms with van der Waals surface area (Å²) < 4.78 is 23.2. The molecule has 0 aliphatic heterocycles. The fourth-order valence-corrected chi connectivity index (χ4v) is 1.53. The van der Waals surface area contributed by atoms with Crippen LogP contribution in [0.15, 0.2) is 18.2 Å². The predicted molar refractivity (Wildman–Crippen MR) is 75.7 cm³/mol. The Morgan fingerprint density at radius 1 is 1.29 bits per heavy atom. The number of amides is 1. The van der Waals surface area contributed by atoms with E-state index >= 15 is 0 Å². The lowest BCUT2D eigenvalue weighted by atomic mass is 10.1. The quantitative estimate of drug-likeness (QED) is 0.866. The van der Waals surface area contributed by atoms with Crippen LogP contribution < -0.4 is 10.1 Å². The minimum absolute atomic E-state index is 0.0347. The Kier molecular flexibility index (Phi) is 5.29. The average Bonchev–Trinajstić information content (AvgIpc) is 2.37. The van der Waals surface area contributed by atoms with Gasteiger partial charge in [0.2, 0.25) is 0 Å². The second-order valence-electron chi connectivity index (χ2n) is 5.58. The number of methoxy groups -OCH3 is 1. The lowest BCUT2D eigenvalue weighted by molar-refractivity contribution is -0.156. The molecule has 0 aliphatic carbocycles. The van der Waals surface area contributed by atoms with E-state index in [4.69, 9.17) is 9.47 Å². The molecule has 0 saturated carbocycles. The zero-order valence-corrected chi connectivity index (χ0v) is 12.8. The molecule has 1 amide bonds. The van der Waals surface area contributed by atoms with Crippen LogP contribution in [0.3, 0.4) is 0 Å². The highest BCUT2D eigenvalue weighted by Crippen LogP contribution is 2.18. The van der Waals surface area contributed by atoms with Crippen molar-refractivity contribution in [1.29, 1.82) is 0 Å². The second kappa shape index (κ2) is 6.56. The molecule has 1 atom stereocenters. The Hall–Kier alpha value is -2.11. The molecular formula is C15H20FNO4. The number of hydrogen-bond donors (Lipinski definition) is 1. The SMILES string of the molecule is COc1cc(C(=O)N[C@H](C)C(=O)OC(C)(C)C)ccc1F. The highest BCUT2D eigenvalue weighted by atomic mass is 19.1. The number of carbonyl (C=O) groups excluding carboxylic acids is 2. The summed E-state index contributed by atoms with van der Waals surface area (Å²) in [6.45, 7) is 6.74. The molecule has 1 aromatic carbocycles. The maximum atomic E-state index is 13.3. The van der Waals surface area contributed by atoms with Gasteiger partial charge in [-0.1, -0.05) is 0 Å². The van der Waals surface area contributed by atoms with Gasteiger partial charge in [-0.25, -0.2) is 9.18 Å². The molecule has 21 heavy (non-hydrogen) atoms. The Morgan fingerprint density at radius 2 is 1.90 bits per heavy atom. The van der Waals surface area contributed by atoms with Gasteiger partial charge in [-0.2, -0.15) is 0 Å². The Morgan fingerprint density at radius 3 is 2.43 bits per heavy atom. The van der Waals surface area contributed by atoms with Crippen molar-refractivity contribution in [2.75, 3.05) is 7.11 Å². The maximum absolute atomic E-state index is 13.3. The van der Waals surface area contributed by atoms with Gasteiger partial charge in [0.1, 0.15) is 11.6 Å². The summed E-state index contributed by atoms with van der Waals surface area (Å²) in [5, 5.41) is 2.50. The van der Waals surface area contributed by atoms with Crippen molar-refractivity contribution in [3.05, 3.63) is 29.6 Å². The van der Waals surface area contributed by atoms with Crippen molar-refractivity contribution in [1.82, 2.24) is 5.32 Å². The van der Waals surface area contributed by atoms with E-state index < -0.39 is 29.3 Å². The lowest BCUT2D eigenvalue weighted by Crippen LogP contribution is -2.42. The van der Waals surface area contributed by atoms with Gasteiger partial charge in [0.05, 0.1) is 7.11 Å². The van der Waals surface area contributed by atoms with Crippen molar-refractivity contribution in [2.45, 2.75) is 39.3 Å². The standard InChI is InChI=1S/C15H20FNO4/c1-9(14(19)21-15(2,3)4)17-13(18)10-6-7-11(16)12(8-10)20-5/h6-9H,1-5H3,(H,17,18)/t9-/m1/s1. The van der Waals surface area contributed by atoms with Gasteiger partial charge in [-0.3, -0.25) is 4.79 Å². The van der Waals surface area contributed by atoms with Crippen LogP contribution in [0.1, 0.15) is 38.1 Å². The Balaban J connectivity index is 2.75. The minimum Gasteiger partial charge on any atom is -0.494 e. The Labute approximate surface area is 123 Å². The van der Waals surface area contributed by atoms with Crippen molar-refractivity contribution in [2.24, 2.45) is 0 Å². The fourth-order valence-electron chi connectivity index (χ4n) is 1.53. The van der Waals surface area contributed by atoms with Gasteiger partial charge in [0.15, 0.2) is 11.6 Å². The van der Waals surface area contributed by atoms with E-state index in [2.05, 4.69) is 5.32 Å². The second-order valence-corrected chi connectivity index (χ2v) is 5.58. The lowest BCUT2D eigenvalue weighted by Gasteiger charge is -2.22. The van der Waals surface area contributed by atoms with E-state index in [0.29, 0.717) is 0 Å². The van der Waals surface area contributed by atoms with E-state index in [1.807, 2.05) is 0 Å². The fraction of sp³-hybridized carbons (Fsp3) is 0.467. The number of benzene rings is 1. The average molecular weight is 297 g/mol. The third-order valence-electron chi connectivity index (χ3n) is 2.52. The molecule has 5 nitrogen and oxygen atoms in total. The van der Waals surface area contributed by atoms with Gasteiger partial charge in [-0.15, -0.1) is 0 Å². The summed E-state index contributed by atoms with van der Waals surface area (Å²) in [5.74, 6) is -1.64. The van der Waals surface area contributed by atoms with Gasteiger partial charge in [-0.05, 0) is 45.9 Å². The molecule has 0 heterocycles. The Bertz CT molecular complexity index is 537. The van der Waals surface area contributed by atoms with Crippen LogP contribution in [0.25, 0.3) is 0 Å². The van der Waals surface area contributed by atoms with E-state index in [1.54, 1.807) is 20.8 Å². The number of hydrogen-bond acceptors (Lipinski definition) is 4. The zero-order chi connectivity index (χ0) is 16.2. The molecule has 1 N–H and O–H groups in total. The molecule has 6 heteroatoms. The van der Waals surface area contributed by atoms with Crippen LogP contribution in [0.5, 0.6) is 5.75 Å². The van der Waals surface area contributed by atoms with Gasteiger partial charge >= 0.3 is 5.97 Å². The van der Waals surface area contributed by atoms with Gasteiger partial charge < -0.3 is 14.8 Å². The van der Waals surface area contributed by atoms with Crippen LogP contribution in [0.2, 0.25) is 0 Å². The highest BCUT2D eigenvalue weighted by Gasteiger charge is 2.23. The molecule has 0 spiro atoms. The maximum Gasteiger partial charge on any atom is 0.328 e. The van der Waals surface area contributed by atoms with E-state index in [9.17, 15) is 14.0 Å². The molecule has 1 aromatic rings. The highest BCUT2D eigenvalue weighted by molar-refractivity contribution is 5.97. The molecule has 116 valence electrons. The number of nitrogens with one attached hydrogen (secondary N) is 1. The molecular weight excluding hydrogens is 277 g/mol. The van der Waals surface area contributed by atoms with Crippen LogP contribution in [-0.4, -0.2) is 30.6 Å². The van der Waals surface area contributed by atoms with Crippen LogP contribution in [-0.2, 0) is 9.53 Å². The summed E-state index contributed by atoms with van der Waals surface area (Å²) >= 11 is 0. The number of rotatable bonds is 4. The van der Waals surface area contributed by atoms with Crippen molar-refractivity contribution < 1.29 is 23.5 Å². The van der Waals surface area contributed by atoms with E-state index in [1.165, 1.54) is 26.2 Å². The molecule has 0 aromatic heterocycles. The summed E-state index contributed by atoms with van der Waals surface area (Å²) in [5.41, 5.74) is -0.432. The first kappa shape index (κ1) is 16.9. The normalized spacial score (nSPS) is 12.5. The summed E-state index contributed by atoms with van der Waals surface area (Å²) in [4.78, 5) is 23.8. The largest absolute Gasteiger partial charge is 0.494 e. The first-order chi connectivity index (χ1) is 9.64. The first-order valence-corrected chi connectivity index (χ1v) is 6.51. The predicted octanol–water partition coefficient (Wildman–Crippen LogP) is 2.29. The van der Waals surface area contributed by atoms with Crippen LogP contribution in [0.4, 0.5) is 4.39 Å². The molecule has 0 radical (unpaired) electrons. The van der Waals surface area contributed by atoms with Crippen molar-refractivity contribution in [3.63, 3.8) is 0 Å². The molecule has 0 unspecified atom stereocenters. The number of carbonyl (C=O) groups is 2. The molecule has 0 fully saturated rings. The number of halogens is 1. The monoisotopic (exact) mass is 297 g/mol. The number of ether oxygens (including phenoxy) is 2. The first-order valence-electron chi connectivity index (χ1n) is 6.51. The molecule has 0 aliphatic rings. The molecule has 0 saturated heterocycles. The molecule has 1 rings (SSSR count). The van der Waals surface area contributed by atoms with Crippen LogP contribution >= 0.6 is 0 Å². The van der Waals surface area contributed by atoms with Crippen molar-refractivity contribution >= 4 is 11.9 Å².